The van der Waals surface area contributed by atoms with Gasteiger partial charge in [0.05, 0.1) is 11.9 Å². The van der Waals surface area contributed by atoms with E-state index in [0.717, 1.165) is 35.0 Å². The third-order valence-corrected chi connectivity index (χ3v) is 6.93. The first-order valence-electron chi connectivity index (χ1n) is 9.78. The van der Waals surface area contributed by atoms with Gasteiger partial charge in [0.25, 0.3) is 0 Å². The van der Waals surface area contributed by atoms with Gasteiger partial charge in [-0.1, -0.05) is 18.2 Å². The maximum absolute atomic E-state index is 14.4. The van der Waals surface area contributed by atoms with Gasteiger partial charge in [-0.25, -0.2) is 14.2 Å². The van der Waals surface area contributed by atoms with Gasteiger partial charge in [-0.2, -0.15) is 4.52 Å². The third kappa shape index (κ3) is 2.53. The highest BCUT2D eigenvalue weighted by Gasteiger charge is 2.25. The average molecular weight is 417 g/mol. The Morgan fingerprint density at radius 1 is 1.10 bits per heavy atom. The van der Waals surface area contributed by atoms with Crippen LogP contribution in [-0.4, -0.2) is 24.1 Å². The maximum atomic E-state index is 14.4. The highest BCUT2D eigenvalue weighted by Crippen LogP contribution is 2.39. The fraction of sp³-hybridized carbons (Fsp3) is 0.182. The predicted molar refractivity (Wildman–Crippen MR) is 113 cm³/mol. The lowest BCUT2D eigenvalue weighted by molar-refractivity contribution is 0.595. The second-order valence-electron chi connectivity index (χ2n) is 7.40. The van der Waals surface area contributed by atoms with Gasteiger partial charge < -0.3 is 0 Å². The van der Waals surface area contributed by atoms with E-state index in [9.17, 15) is 9.18 Å². The molecule has 0 atom stereocenters. The van der Waals surface area contributed by atoms with Gasteiger partial charge in [-0.05, 0) is 43.0 Å². The van der Waals surface area contributed by atoms with Crippen molar-refractivity contribution in [2.45, 2.75) is 25.8 Å². The molecule has 0 amide bonds. The summed E-state index contributed by atoms with van der Waals surface area (Å²) < 4.78 is 17.4. The van der Waals surface area contributed by atoms with E-state index in [1.165, 1.54) is 21.0 Å². The standard InChI is InChI=1S/C22H16FN5OS/c23-16-6-2-1-4-14(16)12-27-21-18(15-5-3-7-17(15)30-21)20-25-19(26-28(20)22(27)29)13-8-10-24-11-9-13/h1-2,4,6,8-11H,3,5,7,12H2. The fourth-order valence-corrected chi connectivity index (χ4v) is 5.56. The van der Waals surface area contributed by atoms with Crippen LogP contribution in [0.2, 0.25) is 0 Å². The van der Waals surface area contributed by atoms with E-state index in [2.05, 4.69) is 10.1 Å². The molecule has 0 radical (unpaired) electrons. The molecular formula is C22H16FN5OS. The molecule has 6 nitrogen and oxygen atoms in total. The molecule has 6 rings (SSSR count). The Labute approximate surface area is 174 Å². The van der Waals surface area contributed by atoms with E-state index in [1.807, 2.05) is 12.1 Å². The van der Waals surface area contributed by atoms with Crippen LogP contribution >= 0.6 is 11.3 Å². The topological polar surface area (TPSA) is 65.1 Å². The second kappa shape index (κ2) is 6.56. The highest BCUT2D eigenvalue weighted by molar-refractivity contribution is 7.19. The van der Waals surface area contributed by atoms with Gasteiger partial charge >= 0.3 is 5.69 Å². The first kappa shape index (κ1) is 17.5. The number of hydrogen-bond acceptors (Lipinski definition) is 5. The van der Waals surface area contributed by atoms with Crippen LogP contribution in [0.5, 0.6) is 0 Å². The summed E-state index contributed by atoms with van der Waals surface area (Å²) in [7, 11) is 0. The number of halogens is 1. The van der Waals surface area contributed by atoms with Crippen LogP contribution in [0, 0.1) is 5.82 Å². The summed E-state index contributed by atoms with van der Waals surface area (Å²) in [6.07, 6.45) is 6.41. The predicted octanol–water partition coefficient (Wildman–Crippen LogP) is 3.84. The number of aryl methyl sites for hydroxylation is 2. The lowest BCUT2D eigenvalue weighted by Gasteiger charge is -2.09. The Kier molecular flexibility index (Phi) is 3.82. The van der Waals surface area contributed by atoms with E-state index in [4.69, 9.17) is 4.98 Å². The van der Waals surface area contributed by atoms with Crippen molar-refractivity contribution in [1.29, 1.82) is 0 Å². The summed E-state index contributed by atoms with van der Waals surface area (Å²) in [6.45, 7) is 0.155. The minimum Gasteiger partial charge on any atom is -0.278 e. The van der Waals surface area contributed by atoms with Crippen LogP contribution in [0.25, 0.3) is 27.3 Å². The molecule has 4 heterocycles. The molecular weight excluding hydrogens is 401 g/mol. The third-order valence-electron chi connectivity index (χ3n) is 5.62. The number of nitrogens with zero attached hydrogens (tertiary/aromatic N) is 5. The average Bonchev–Trinajstić information content (AvgIpc) is 3.47. The van der Waals surface area contributed by atoms with Crippen molar-refractivity contribution in [1.82, 2.24) is 24.1 Å². The van der Waals surface area contributed by atoms with Gasteiger partial charge in [0.15, 0.2) is 11.5 Å². The molecule has 30 heavy (non-hydrogen) atoms. The quantitative estimate of drug-likeness (QED) is 0.447. The number of rotatable bonds is 3. The number of aromatic nitrogens is 5. The maximum Gasteiger partial charge on any atom is 0.352 e. The summed E-state index contributed by atoms with van der Waals surface area (Å²) >= 11 is 1.62. The summed E-state index contributed by atoms with van der Waals surface area (Å²) in [5.74, 6) is 0.162. The van der Waals surface area contributed by atoms with Crippen LogP contribution in [0.15, 0.2) is 53.6 Å². The van der Waals surface area contributed by atoms with Gasteiger partial charge in [0.2, 0.25) is 0 Å². The van der Waals surface area contributed by atoms with E-state index in [1.54, 1.807) is 46.5 Å². The van der Waals surface area contributed by atoms with Gasteiger partial charge in [-0.15, -0.1) is 16.4 Å². The van der Waals surface area contributed by atoms with Crippen molar-refractivity contribution >= 4 is 27.2 Å². The van der Waals surface area contributed by atoms with E-state index in [-0.39, 0.29) is 18.1 Å². The fourth-order valence-electron chi connectivity index (χ4n) is 4.18. The van der Waals surface area contributed by atoms with Crippen molar-refractivity contribution in [2.24, 2.45) is 0 Å². The molecule has 4 aromatic heterocycles. The van der Waals surface area contributed by atoms with Crippen LogP contribution in [0.3, 0.4) is 0 Å². The summed E-state index contributed by atoms with van der Waals surface area (Å²) in [4.78, 5) is 24.3. The van der Waals surface area contributed by atoms with Gasteiger partial charge in [0, 0.05) is 28.4 Å². The summed E-state index contributed by atoms with van der Waals surface area (Å²) in [5.41, 5.74) is 2.78. The first-order valence-corrected chi connectivity index (χ1v) is 10.6. The molecule has 1 aliphatic carbocycles. The molecule has 5 aromatic rings. The molecule has 148 valence electrons. The Bertz CT molecular complexity index is 1480. The number of thiophene rings is 1. The Balaban J connectivity index is 1.67. The molecule has 0 bridgehead atoms. The van der Waals surface area contributed by atoms with Crippen LogP contribution in [-0.2, 0) is 19.4 Å². The number of hydrogen-bond donors (Lipinski definition) is 0. The largest absolute Gasteiger partial charge is 0.352 e. The molecule has 0 aliphatic heterocycles. The minimum atomic E-state index is -0.321. The molecule has 0 N–H and O–H groups in total. The van der Waals surface area contributed by atoms with Crippen LogP contribution < -0.4 is 5.69 Å². The molecule has 1 aliphatic rings. The Morgan fingerprint density at radius 3 is 2.77 bits per heavy atom. The van der Waals surface area contributed by atoms with E-state index in [0.29, 0.717) is 17.0 Å². The second-order valence-corrected chi connectivity index (χ2v) is 8.49. The van der Waals surface area contributed by atoms with Gasteiger partial charge in [0.1, 0.15) is 10.6 Å². The Morgan fingerprint density at radius 2 is 1.93 bits per heavy atom. The van der Waals surface area contributed by atoms with Crippen molar-refractivity contribution in [3.63, 3.8) is 0 Å². The molecule has 1 aromatic carbocycles. The molecule has 0 saturated carbocycles. The molecule has 0 spiro atoms. The zero-order valence-corrected chi connectivity index (χ0v) is 16.7. The number of pyridine rings is 1. The summed E-state index contributed by atoms with van der Waals surface area (Å²) in [6, 6.07) is 10.2. The number of benzene rings is 1. The van der Waals surface area contributed by atoms with Crippen molar-refractivity contribution < 1.29 is 4.39 Å². The van der Waals surface area contributed by atoms with Crippen LogP contribution in [0.4, 0.5) is 4.39 Å². The normalized spacial score (nSPS) is 13.4. The van der Waals surface area contributed by atoms with E-state index < -0.39 is 0 Å². The SMILES string of the molecule is O=c1n(Cc2ccccc2F)c2sc3c(c2c2nc(-c4ccncc4)nn12)CCC3. The first-order chi connectivity index (χ1) is 14.7. The molecule has 8 heteroatoms. The highest BCUT2D eigenvalue weighted by atomic mass is 32.1. The Hall–Kier alpha value is -3.39. The molecule has 0 fully saturated rings. The lowest BCUT2D eigenvalue weighted by atomic mass is 10.2. The van der Waals surface area contributed by atoms with Crippen molar-refractivity contribution in [3.8, 4) is 11.4 Å². The van der Waals surface area contributed by atoms with E-state index >= 15 is 0 Å². The number of fused-ring (bicyclic) bond motifs is 5. The van der Waals surface area contributed by atoms with Crippen molar-refractivity contribution in [2.75, 3.05) is 0 Å². The zero-order valence-electron chi connectivity index (χ0n) is 15.9. The molecule has 0 unspecified atom stereocenters. The van der Waals surface area contributed by atoms with Gasteiger partial charge in [-0.3, -0.25) is 9.55 Å². The zero-order chi connectivity index (χ0) is 20.2. The van der Waals surface area contributed by atoms with Crippen LogP contribution in [0.1, 0.15) is 22.4 Å². The monoisotopic (exact) mass is 417 g/mol. The summed E-state index contributed by atoms with van der Waals surface area (Å²) in [5, 5.41) is 5.49. The smallest absolute Gasteiger partial charge is 0.278 e. The lowest BCUT2D eigenvalue weighted by Crippen LogP contribution is -2.28. The minimum absolute atomic E-state index is 0.155. The van der Waals surface area contributed by atoms with Crippen molar-refractivity contribution in [3.05, 3.63) is 81.1 Å². The molecule has 0 saturated heterocycles.